The summed E-state index contributed by atoms with van der Waals surface area (Å²) in [5, 5.41) is 11.0. The number of rotatable bonds is 7. The van der Waals surface area contributed by atoms with Crippen LogP contribution in [-0.4, -0.2) is 45.1 Å². The number of ether oxygens (including phenoxy) is 1. The predicted molar refractivity (Wildman–Crippen MR) is 150 cm³/mol. The Morgan fingerprint density at radius 1 is 0.810 bits per heavy atom. The largest absolute Gasteiger partial charge is 0.454 e. The van der Waals surface area contributed by atoms with Crippen molar-refractivity contribution in [2.75, 3.05) is 11.5 Å². The number of para-hydroxylation sites is 2. The predicted octanol–water partition coefficient (Wildman–Crippen LogP) is 5.05. The average Bonchev–Trinajstić information content (AvgIpc) is 3.28. The van der Waals surface area contributed by atoms with Crippen molar-refractivity contribution in [2.24, 2.45) is 0 Å². The number of aromatic nitrogens is 2. The second-order valence-corrected chi connectivity index (χ2v) is 9.31. The minimum Gasteiger partial charge on any atom is -0.454 e. The first-order chi connectivity index (χ1) is 20.3. The van der Waals surface area contributed by atoms with Crippen LogP contribution in [0.5, 0.6) is 0 Å². The summed E-state index contributed by atoms with van der Waals surface area (Å²) < 4.78 is 5.09. The number of benzene rings is 4. The van der Waals surface area contributed by atoms with Gasteiger partial charge in [0.2, 0.25) is 5.78 Å². The molecule has 2 amide bonds. The third kappa shape index (κ3) is 4.75. The molecule has 6 rings (SSSR count). The first kappa shape index (κ1) is 26.1. The van der Waals surface area contributed by atoms with Crippen molar-refractivity contribution in [1.29, 1.82) is 0 Å². The minimum atomic E-state index is -0.896. The first-order valence-corrected chi connectivity index (χ1v) is 12.6. The zero-order chi connectivity index (χ0) is 29.4. The number of nitro groups is 1. The fraction of sp³-hybridized carbons (Fsp3) is 0.0323. The summed E-state index contributed by atoms with van der Waals surface area (Å²) >= 11 is 0. The second-order valence-electron chi connectivity index (χ2n) is 9.31. The van der Waals surface area contributed by atoms with E-state index in [-0.39, 0.29) is 27.9 Å². The van der Waals surface area contributed by atoms with Gasteiger partial charge < -0.3 is 4.74 Å². The number of fused-ring (bicyclic) bond motifs is 2. The number of nitrogens with zero attached hydrogens (tertiary/aromatic N) is 4. The van der Waals surface area contributed by atoms with Gasteiger partial charge in [0.05, 0.1) is 50.2 Å². The lowest BCUT2D eigenvalue weighted by Gasteiger charge is -2.15. The zero-order valence-corrected chi connectivity index (χ0v) is 21.6. The summed E-state index contributed by atoms with van der Waals surface area (Å²) in [4.78, 5) is 72.1. The highest BCUT2D eigenvalue weighted by Crippen LogP contribution is 2.32. The van der Waals surface area contributed by atoms with Crippen LogP contribution in [0, 0.1) is 10.1 Å². The Kier molecular flexibility index (Phi) is 6.51. The van der Waals surface area contributed by atoms with Gasteiger partial charge in [-0.1, -0.05) is 36.4 Å². The van der Waals surface area contributed by atoms with E-state index < -0.39 is 35.1 Å². The molecule has 0 saturated heterocycles. The van der Waals surface area contributed by atoms with Gasteiger partial charge in [0.15, 0.2) is 6.61 Å². The lowest BCUT2D eigenvalue weighted by Crippen LogP contribution is -2.29. The van der Waals surface area contributed by atoms with Crippen molar-refractivity contribution in [3.63, 3.8) is 0 Å². The molecule has 4 aromatic carbocycles. The molecule has 42 heavy (non-hydrogen) atoms. The molecule has 0 fully saturated rings. The van der Waals surface area contributed by atoms with Crippen LogP contribution in [0.2, 0.25) is 0 Å². The Balaban J connectivity index is 1.20. The Morgan fingerprint density at radius 2 is 1.57 bits per heavy atom. The number of amides is 2. The van der Waals surface area contributed by atoms with E-state index in [1.165, 1.54) is 36.4 Å². The lowest BCUT2D eigenvalue weighted by molar-refractivity contribution is -0.384. The number of carbonyl (C=O) groups excluding carboxylic acids is 4. The van der Waals surface area contributed by atoms with Crippen LogP contribution < -0.4 is 4.90 Å². The van der Waals surface area contributed by atoms with Crippen molar-refractivity contribution in [3.05, 3.63) is 130 Å². The first-order valence-electron chi connectivity index (χ1n) is 12.6. The third-order valence-corrected chi connectivity index (χ3v) is 6.68. The number of imide groups is 1. The summed E-state index contributed by atoms with van der Waals surface area (Å²) in [5.74, 6) is -2.72. The molecule has 0 atom stereocenters. The molecule has 11 heteroatoms. The van der Waals surface area contributed by atoms with Gasteiger partial charge in [-0.2, -0.15) is 0 Å². The van der Waals surface area contributed by atoms with Crippen molar-refractivity contribution in [3.8, 4) is 11.3 Å². The number of nitro benzene ring substituents is 1. The molecule has 0 saturated carbocycles. The molecular formula is C31H18N4O7. The van der Waals surface area contributed by atoms with Crippen LogP contribution in [0.15, 0.2) is 97.2 Å². The van der Waals surface area contributed by atoms with Crippen LogP contribution in [0.4, 0.5) is 11.4 Å². The van der Waals surface area contributed by atoms with Crippen LogP contribution in [-0.2, 0) is 4.74 Å². The molecule has 1 aromatic heterocycles. The van der Waals surface area contributed by atoms with Gasteiger partial charge in [0.25, 0.3) is 17.5 Å². The topological polar surface area (TPSA) is 150 Å². The van der Waals surface area contributed by atoms with Crippen molar-refractivity contribution in [1.82, 2.24) is 9.97 Å². The summed E-state index contributed by atoms with van der Waals surface area (Å²) in [6, 6.07) is 23.2. The monoisotopic (exact) mass is 558 g/mol. The van der Waals surface area contributed by atoms with Crippen LogP contribution in [0.1, 0.15) is 41.4 Å². The van der Waals surface area contributed by atoms with E-state index in [1.54, 1.807) is 30.5 Å². The molecule has 2 heterocycles. The molecular weight excluding hydrogens is 540 g/mol. The molecule has 0 unspecified atom stereocenters. The number of ketones is 1. The Hall–Kier alpha value is -6.10. The van der Waals surface area contributed by atoms with Crippen LogP contribution in [0.3, 0.4) is 0 Å². The number of anilines is 1. The highest BCUT2D eigenvalue weighted by Gasteiger charge is 2.37. The van der Waals surface area contributed by atoms with Gasteiger partial charge in [-0.15, -0.1) is 0 Å². The quantitative estimate of drug-likeness (QED) is 0.0879. The van der Waals surface area contributed by atoms with Crippen LogP contribution in [0.25, 0.3) is 22.3 Å². The second kappa shape index (κ2) is 10.5. The molecule has 0 radical (unpaired) electrons. The molecule has 1 aliphatic rings. The zero-order valence-electron chi connectivity index (χ0n) is 21.6. The minimum absolute atomic E-state index is 0.00959. The number of carbonyl (C=O) groups is 4. The summed E-state index contributed by atoms with van der Waals surface area (Å²) in [5.41, 5.74) is 2.80. The Labute approximate surface area is 237 Å². The lowest BCUT2D eigenvalue weighted by atomic mass is 10.1. The van der Waals surface area contributed by atoms with Crippen molar-refractivity contribution in [2.45, 2.75) is 0 Å². The molecule has 0 N–H and O–H groups in total. The maximum absolute atomic E-state index is 13.4. The van der Waals surface area contributed by atoms with Crippen molar-refractivity contribution < 1.29 is 28.8 Å². The maximum Gasteiger partial charge on any atom is 0.338 e. The third-order valence-electron chi connectivity index (χ3n) is 6.68. The average molecular weight is 559 g/mol. The standard InChI is InChI=1S/C31H18N4O7/c36-28(19-6-4-8-22(14-19)35(40)41)17-42-31(39)20-11-12-23-24(15-20)30(38)34(29(23)37)21-7-3-5-18(13-21)27-16-32-25-9-1-2-10-26(25)33-27/h1-16H,17H2. The van der Waals surface area contributed by atoms with Crippen LogP contribution >= 0.6 is 0 Å². The summed E-state index contributed by atoms with van der Waals surface area (Å²) in [7, 11) is 0. The molecule has 11 nitrogen and oxygen atoms in total. The normalized spacial score (nSPS) is 12.3. The summed E-state index contributed by atoms with van der Waals surface area (Å²) in [6.07, 6.45) is 1.62. The van der Waals surface area contributed by atoms with E-state index in [9.17, 15) is 29.3 Å². The number of esters is 1. The fourth-order valence-corrected chi connectivity index (χ4v) is 4.59. The van der Waals surface area contributed by atoms with Gasteiger partial charge >= 0.3 is 5.97 Å². The fourth-order valence-electron chi connectivity index (χ4n) is 4.59. The van der Waals surface area contributed by atoms with E-state index in [2.05, 4.69) is 9.97 Å². The highest BCUT2D eigenvalue weighted by atomic mass is 16.6. The Bertz CT molecular complexity index is 1970. The molecule has 5 aromatic rings. The number of hydrogen-bond donors (Lipinski definition) is 0. The van der Waals surface area contributed by atoms with Gasteiger partial charge in [0.1, 0.15) is 0 Å². The number of non-ortho nitro benzene ring substituents is 1. The molecule has 204 valence electrons. The van der Waals surface area contributed by atoms with E-state index in [1.807, 2.05) is 24.3 Å². The molecule has 0 spiro atoms. The molecule has 1 aliphatic heterocycles. The van der Waals surface area contributed by atoms with Gasteiger partial charge in [0, 0.05) is 23.3 Å². The van der Waals surface area contributed by atoms with E-state index in [0.29, 0.717) is 22.5 Å². The maximum atomic E-state index is 13.4. The highest BCUT2D eigenvalue weighted by molar-refractivity contribution is 6.34. The van der Waals surface area contributed by atoms with E-state index in [4.69, 9.17) is 4.74 Å². The smallest absolute Gasteiger partial charge is 0.338 e. The Morgan fingerprint density at radius 3 is 2.38 bits per heavy atom. The van der Waals surface area contributed by atoms with E-state index in [0.717, 1.165) is 16.5 Å². The SMILES string of the molecule is O=C(COC(=O)c1ccc2c(c1)C(=O)N(c1cccc(-c3cnc4ccccc4n3)c1)C2=O)c1cccc([N+](=O)[O-])c1. The van der Waals surface area contributed by atoms with Gasteiger partial charge in [-0.3, -0.25) is 29.5 Å². The van der Waals surface area contributed by atoms with E-state index >= 15 is 0 Å². The van der Waals surface area contributed by atoms with Gasteiger partial charge in [-0.05, 0) is 42.5 Å². The summed E-state index contributed by atoms with van der Waals surface area (Å²) in [6.45, 7) is -0.666. The molecule has 0 aliphatic carbocycles. The van der Waals surface area contributed by atoms with Gasteiger partial charge in [-0.25, -0.2) is 14.7 Å². The number of hydrogen-bond acceptors (Lipinski definition) is 9. The number of Topliss-reactive ketones (excluding diaryl/α,β-unsaturated/α-hetero) is 1. The van der Waals surface area contributed by atoms with Crippen molar-refractivity contribution >= 4 is 46.0 Å². The molecule has 0 bridgehead atoms.